The average molecular weight is 280 g/mol. The van der Waals surface area contributed by atoms with Gasteiger partial charge in [0.25, 0.3) is 0 Å². The van der Waals surface area contributed by atoms with E-state index in [2.05, 4.69) is 34.2 Å². The van der Waals surface area contributed by atoms with Crippen LogP contribution in [0.4, 0.5) is 5.82 Å². The van der Waals surface area contributed by atoms with Gasteiger partial charge in [-0.1, -0.05) is 12.8 Å². The summed E-state index contributed by atoms with van der Waals surface area (Å²) in [4.78, 5) is 8.63. The lowest BCUT2D eigenvalue weighted by Crippen LogP contribution is -2.16. The lowest BCUT2D eigenvalue weighted by atomic mass is 10.2. The smallest absolute Gasteiger partial charge is 0.226 e. The Kier molecular flexibility index (Phi) is 3.31. The molecular formula is C13H18ClN5. The van der Waals surface area contributed by atoms with Gasteiger partial charge in [-0.25, -0.2) is 4.68 Å². The van der Waals surface area contributed by atoms with Crippen LogP contribution >= 0.6 is 11.6 Å². The zero-order valence-electron chi connectivity index (χ0n) is 11.2. The molecule has 1 N–H and O–H groups in total. The van der Waals surface area contributed by atoms with Crippen LogP contribution in [0.5, 0.6) is 0 Å². The molecule has 1 saturated carbocycles. The Hall–Kier alpha value is -1.36. The molecule has 0 aromatic carbocycles. The second-order valence-corrected chi connectivity index (χ2v) is 5.73. The van der Waals surface area contributed by atoms with E-state index in [1.165, 1.54) is 25.7 Å². The molecule has 2 aromatic rings. The highest BCUT2D eigenvalue weighted by atomic mass is 35.5. The molecule has 6 heteroatoms. The van der Waals surface area contributed by atoms with Gasteiger partial charge in [0.05, 0.1) is 11.6 Å². The van der Waals surface area contributed by atoms with Gasteiger partial charge < -0.3 is 5.32 Å². The third kappa shape index (κ3) is 2.39. The Balaban J connectivity index is 2.03. The van der Waals surface area contributed by atoms with Gasteiger partial charge in [0.2, 0.25) is 5.28 Å². The molecule has 102 valence electrons. The van der Waals surface area contributed by atoms with Gasteiger partial charge in [-0.2, -0.15) is 15.1 Å². The van der Waals surface area contributed by atoms with E-state index in [9.17, 15) is 0 Å². The van der Waals surface area contributed by atoms with Crippen molar-refractivity contribution in [3.8, 4) is 0 Å². The van der Waals surface area contributed by atoms with Gasteiger partial charge in [0.1, 0.15) is 5.82 Å². The summed E-state index contributed by atoms with van der Waals surface area (Å²) < 4.78 is 1.88. The van der Waals surface area contributed by atoms with Gasteiger partial charge in [0.15, 0.2) is 5.65 Å². The highest BCUT2D eigenvalue weighted by Crippen LogP contribution is 2.27. The van der Waals surface area contributed by atoms with Crippen LogP contribution in [0.25, 0.3) is 11.0 Å². The molecule has 1 fully saturated rings. The lowest BCUT2D eigenvalue weighted by Gasteiger charge is -2.13. The van der Waals surface area contributed by atoms with Gasteiger partial charge in [-0.15, -0.1) is 0 Å². The van der Waals surface area contributed by atoms with Crippen LogP contribution in [-0.2, 0) is 0 Å². The van der Waals surface area contributed by atoms with Crippen molar-refractivity contribution in [2.75, 3.05) is 5.32 Å². The van der Waals surface area contributed by atoms with Crippen LogP contribution in [0.15, 0.2) is 6.20 Å². The molecule has 1 aliphatic carbocycles. The summed E-state index contributed by atoms with van der Waals surface area (Å²) in [5.74, 6) is 0.814. The van der Waals surface area contributed by atoms with Crippen LogP contribution in [0.1, 0.15) is 45.6 Å². The predicted octanol–water partition coefficient (Wildman–Crippen LogP) is 3.42. The van der Waals surface area contributed by atoms with Crippen molar-refractivity contribution in [2.45, 2.75) is 51.6 Å². The molecule has 1 aliphatic rings. The molecule has 0 saturated heterocycles. The average Bonchev–Trinajstić information content (AvgIpc) is 2.97. The van der Waals surface area contributed by atoms with E-state index in [-0.39, 0.29) is 11.3 Å². The first-order valence-corrected chi connectivity index (χ1v) is 7.20. The molecule has 0 aliphatic heterocycles. The molecular weight excluding hydrogens is 262 g/mol. The summed E-state index contributed by atoms with van der Waals surface area (Å²) in [6, 6.07) is 0.749. The largest absolute Gasteiger partial charge is 0.367 e. The Labute approximate surface area is 117 Å². The Morgan fingerprint density at radius 3 is 2.74 bits per heavy atom. The van der Waals surface area contributed by atoms with Crippen LogP contribution < -0.4 is 5.32 Å². The molecule has 0 atom stereocenters. The summed E-state index contributed by atoms with van der Waals surface area (Å²) in [7, 11) is 0. The van der Waals surface area contributed by atoms with Crippen molar-refractivity contribution < 1.29 is 0 Å². The van der Waals surface area contributed by atoms with E-state index in [0.717, 1.165) is 16.9 Å². The number of aromatic nitrogens is 4. The lowest BCUT2D eigenvalue weighted by molar-refractivity contribution is 0.546. The second kappa shape index (κ2) is 4.96. The normalized spacial score (nSPS) is 16.6. The number of anilines is 1. The van der Waals surface area contributed by atoms with Crippen molar-refractivity contribution in [3.05, 3.63) is 11.5 Å². The van der Waals surface area contributed by atoms with Crippen molar-refractivity contribution in [1.82, 2.24) is 19.7 Å². The third-order valence-corrected chi connectivity index (χ3v) is 3.78. The Bertz CT molecular complexity index is 586. The fourth-order valence-electron chi connectivity index (χ4n) is 2.65. The summed E-state index contributed by atoms with van der Waals surface area (Å²) in [6.07, 6.45) is 6.78. The number of rotatable bonds is 3. The predicted molar refractivity (Wildman–Crippen MR) is 76.6 cm³/mol. The number of nitrogens with zero attached hydrogens (tertiary/aromatic N) is 4. The summed E-state index contributed by atoms with van der Waals surface area (Å²) >= 11 is 6.04. The number of halogens is 1. The quantitative estimate of drug-likeness (QED) is 0.875. The minimum Gasteiger partial charge on any atom is -0.367 e. The van der Waals surface area contributed by atoms with Crippen LogP contribution in [0.2, 0.25) is 5.28 Å². The first kappa shape index (κ1) is 12.7. The highest BCUT2D eigenvalue weighted by Gasteiger charge is 2.19. The van der Waals surface area contributed by atoms with E-state index >= 15 is 0 Å². The molecule has 2 heterocycles. The van der Waals surface area contributed by atoms with E-state index in [0.29, 0.717) is 6.04 Å². The van der Waals surface area contributed by atoms with Crippen molar-refractivity contribution in [3.63, 3.8) is 0 Å². The monoisotopic (exact) mass is 279 g/mol. The fourth-order valence-corrected chi connectivity index (χ4v) is 2.82. The van der Waals surface area contributed by atoms with Gasteiger partial charge in [0, 0.05) is 12.1 Å². The standard InChI is InChI=1S/C13H18ClN5/c1-8(2)19-12-10(7-15-19)11(17-13(14)18-12)16-9-5-3-4-6-9/h7-9H,3-6H2,1-2H3,(H,16,17,18). The number of hydrogen-bond acceptors (Lipinski definition) is 4. The molecule has 3 rings (SSSR count). The van der Waals surface area contributed by atoms with E-state index in [4.69, 9.17) is 11.6 Å². The number of fused-ring (bicyclic) bond motifs is 1. The van der Waals surface area contributed by atoms with E-state index in [1.807, 2.05) is 10.9 Å². The molecule has 0 unspecified atom stereocenters. The van der Waals surface area contributed by atoms with Crippen molar-refractivity contribution in [1.29, 1.82) is 0 Å². The molecule has 0 radical (unpaired) electrons. The minimum atomic E-state index is 0.253. The first-order chi connectivity index (χ1) is 9.15. The molecule has 0 spiro atoms. The Morgan fingerprint density at radius 2 is 2.05 bits per heavy atom. The molecule has 19 heavy (non-hydrogen) atoms. The zero-order chi connectivity index (χ0) is 13.4. The van der Waals surface area contributed by atoms with Crippen LogP contribution in [0, 0.1) is 0 Å². The third-order valence-electron chi connectivity index (χ3n) is 3.61. The Morgan fingerprint density at radius 1 is 1.32 bits per heavy atom. The summed E-state index contributed by atoms with van der Waals surface area (Å²) in [5.41, 5.74) is 0.801. The van der Waals surface area contributed by atoms with Crippen LogP contribution in [-0.4, -0.2) is 25.8 Å². The maximum atomic E-state index is 6.04. The molecule has 5 nitrogen and oxygen atoms in total. The first-order valence-electron chi connectivity index (χ1n) is 6.82. The number of hydrogen-bond donors (Lipinski definition) is 1. The summed E-state index contributed by atoms with van der Waals surface area (Å²) in [6.45, 7) is 4.15. The fraction of sp³-hybridized carbons (Fsp3) is 0.615. The van der Waals surface area contributed by atoms with Gasteiger partial charge in [-0.05, 0) is 38.3 Å². The van der Waals surface area contributed by atoms with Gasteiger partial charge >= 0.3 is 0 Å². The highest BCUT2D eigenvalue weighted by molar-refractivity contribution is 6.28. The zero-order valence-corrected chi connectivity index (χ0v) is 12.0. The SMILES string of the molecule is CC(C)n1ncc2c(NC3CCCC3)nc(Cl)nc21. The van der Waals surface area contributed by atoms with Crippen LogP contribution in [0.3, 0.4) is 0 Å². The maximum Gasteiger partial charge on any atom is 0.226 e. The minimum absolute atomic E-state index is 0.253. The van der Waals surface area contributed by atoms with E-state index < -0.39 is 0 Å². The molecule has 0 amide bonds. The molecule has 2 aromatic heterocycles. The van der Waals surface area contributed by atoms with Crippen molar-refractivity contribution >= 4 is 28.5 Å². The second-order valence-electron chi connectivity index (χ2n) is 5.39. The maximum absolute atomic E-state index is 6.04. The topological polar surface area (TPSA) is 55.6 Å². The van der Waals surface area contributed by atoms with Crippen molar-refractivity contribution in [2.24, 2.45) is 0 Å². The van der Waals surface area contributed by atoms with E-state index in [1.54, 1.807) is 0 Å². The summed E-state index contributed by atoms with van der Waals surface area (Å²) in [5, 5.41) is 9.10. The number of nitrogens with one attached hydrogen (secondary N) is 1. The molecule has 0 bridgehead atoms. The van der Waals surface area contributed by atoms with Gasteiger partial charge in [-0.3, -0.25) is 0 Å².